The summed E-state index contributed by atoms with van der Waals surface area (Å²) in [6.07, 6.45) is 6.39. The predicted octanol–water partition coefficient (Wildman–Crippen LogP) is 2.83. The molecule has 0 aliphatic carbocycles. The lowest BCUT2D eigenvalue weighted by molar-refractivity contribution is -0.116. The van der Waals surface area contributed by atoms with E-state index in [4.69, 9.17) is 4.74 Å². The van der Waals surface area contributed by atoms with Crippen molar-refractivity contribution < 1.29 is 13.7 Å². The van der Waals surface area contributed by atoms with E-state index in [1.807, 2.05) is 36.4 Å². The van der Waals surface area contributed by atoms with Crippen LogP contribution in [-0.4, -0.2) is 27.1 Å². The minimum Gasteiger partial charge on any atom is -0.494 e. The van der Waals surface area contributed by atoms with E-state index < -0.39 is 0 Å². The number of nitrogens with one attached hydrogen (secondary N) is 1. The lowest BCUT2D eigenvalue weighted by Gasteiger charge is -2.17. The number of ether oxygens (including phenoxy) is 1. The van der Waals surface area contributed by atoms with E-state index in [-0.39, 0.29) is 5.91 Å². The molecule has 0 saturated heterocycles. The first-order chi connectivity index (χ1) is 11.8. The summed E-state index contributed by atoms with van der Waals surface area (Å²) < 4.78 is 15.7. The SMILES string of the molecule is O=S=CCCCOc1ccc2c(c1)CCC(=O)N2.c1ccncc1. The molecule has 0 saturated carbocycles. The number of carbonyl (C=O) groups excluding carboxylic acids is 1. The molecule has 1 aliphatic rings. The van der Waals surface area contributed by atoms with Gasteiger partial charge in [-0.3, -0.25) is 9.78 Å². The maximum absolute atomic E-state index is 11.2. The Hall–Kier alpha value is -2.47. The highest BCUT2D eigenvalue weighted by atomic mass is 32.1. The summed E-state index contributed by atoms with van der Waals surface area (Å²) >= 11 is 0.496. The van der Waals surface area contributed by atoms with E-state index in [9.17, 15) is 9.00 Å². The predicted molar refractivity (Wildman–Crippen MR) is 96.6 cm³/mol. The molecule has 0 radical (unpaired) electrons. The fraction of sp³-hybridized carbons (Fsp3) is 0.278. The smallest absolute Gasteiger partial charge is 0.224 e. The Kier molecular flexibility index (Phi) is 7.70. The summed E-state index contributed by atoms with van der Waals surface area (Å²) in [5.41, 5.74) is 2.00. The molecule has 1 amide bonds. The van der Waals surface area contributed by atoms with E-state index in [1.165, 1.54) is 0 Å². The molecule has 1 aliphatic heterocycles. The van der Waals surface area contributed by atoms with Crippen LogP contribution < -0.4 is 10.1 Å². The van der Waals surface area contributed by atoms with Gasteiger partial charge in [0.15, 0.2) is 0 Å². The average Bonchev–Trinajstić information content (AvgIpc) is 2.63. The minimum atomic E-state index is 0.0711. The maximum atomic E-state index is 11.2. The highest BCUT2D eigenvalue weighted by Crippen LogP contribution is 2.26. The Morgan fingerprint density at radius 1 is 1.21 bits per heavy atom. The zero-order valence-corrected chi connectivity index (χ0v) is 14.1. The lowest BCUT2D eigenvalue weighted by Crippen LogP contribution is -2.18. The standard InChI is InChI=1S/C13H15NO3S.C5H5N/c15-13-6-3-10-9-11(4-5-12(10)14-13)17-7-1-2-8-18-16;1-2-4-6-5-3-1/h4-5,8-9H,1-3,6-7H2,(H,14,15);1-5H. The Bertz CT molecular complexity index is 674. The molecule has 126 valence electrons. The number of nitrogens with zero attached hydrogens (tertiary/aromatic N) is 1. The Morgan fingerprint density at radius 2 is 2.04 bits per heavy atom. The van der Waals surface area contributed by atoms with Gasteiger partial charge in [-0.15, -0.1) is 0 Å². The van der Waals surface area contributed by atoms with Crippen molar-refractivity contribution in [3.8, 4) is 5.75 Å². The van der Waals surface area contributed by atoms with Crippen molar-refractivity contribution in [1.82, 2.24) is 4.98 Å². The molecule has 24 heavy (non-hydrogen) atoms. The summed E-state index contributed by atoms with van der Waals surface area (Å²) in [6, 6.07) is 11.4. The van der Waals surface area contributed by atoms with Gasteiger partial charge in [0, 0.05) is 29.9 Å². The quantitative estimate of drug-likeness (QED) is 0.669. The van der Waals surface area contributed by atoms with Gasteiger partial charge in [0.2, 0.25) is 5.91 Å². The number of anilines is 1. The molecule has 1 N–H and O–H groups in total. The van der Waals surface area contributed by atoms with Crippen molar-refractivity contribution in [2.24, 2.45) is 0 Å². The van der Waals surface area contributed by atoms with Gasteiger partial charge < -0.3 is 10.1 Å². The summed E-state index contributed by atoms with van der Waals surface area (Å²) in [6.45, 7) is 0.599. The van der Waals surface area contributed by atoms with Gasteiger partial charge in [-0.05, 0) is 55.2 Å². The molecular formula is C18H20N2O3S. The molecule has 1 aromatic heterocycles. The molecular weight excluding hydrogens is 324 g/mol. The highest BCUT2D eigenvalue weighted by molar-refractivity contribution is 7.64. The van der Waals surface area contributed by atoms with E-state index >= 15 is 0 Å². The molecule has 0 spiro atoms. The molecule has 2 aromatic rings. The van der Waals surface area contributed by atoms with Gasteiger partial charge in [0.05, 0.1) is 17.9 Å². The number of fused-ring (bicyclic) bond motifs is 1. The zero-order chi connectivity index (χ0) is 17.0. The first-order valence-electron chi connectivity index (χ1n) is 7.80. The molecule has 0 atom stereocenters. The van der Waals surface area contributed by atoms with Crippen LogP contribution in [0.4, 0.5) is 5.69 Å². The van der Waals surface area contributed by atoms with Crippen molar-refractivity contribution in [1.29, 1.82) is 0 Å². The van der Waals surface area contributed by atoms with Crippen LogP contribution in [0.1, 0.15) is 24.8 Å². The van der Waals surface area contributed by atoms with E-state index in [2.05, 4.69) is 10.3 Å². The van der Waals surface area contributed by atoms with Crippen LogP contribution in [0.3, 0.4) is 0 Å². The van der Waals surface area contributed by atoms with Gasteiger partial charge >= 0.3 is 0 Å². The Balaban J connectivity index is 0.000000292. The normalized spacial score (nSPS) is 12.1. The Morgan fingerprint density at radius 3 is 2.71 bits per heavy atom. The maximum Gasteiger partial charge on any atom is 0.224 e. The molecule has 0 fully saturated rings. The highest BCUT2D eigenvalue weighted by Gasteiger charge is 2.14. The van der Waals surface area contributed by atoms with Crippen LogP contribution in [0, 0.1) is 0 Å². The second-order valence-electron chi connectivity index (χ2n) is 5.15. The van der Waals surface area contributed by atoms with Crippen molar-refractivity contribution in [3.05, 3.63) is 54.4 Å². The monoisotopic (exact) mass is 344 g/mol. The number of hydrogen-bond acceptors (Lipinski definition) is 4. The topological polar surface area (TPSA) is 68.3 Å². The first-order valence-corrected chi connectivity index (χ1v) is 8.61. The van der Waals surface area contributed by atoms with Crippen LogP contribution >= 0.6 is 0 Å². The zero-order valence-electron chi connectivity index (χ0n) is 13.3. The molecule has 0 unspecified atom stereocenters. The van der Waals surface area contributed by atoms with Crippen LogP contribution in [0.15, 0.2) is 48.8 Å². The van der Waals surface area contributed by atoms with Crippen molar-refractivity contribution in [2.75, 3.05) is 11.9 Å². The number of unbranched alkanes of at least 4 members (excludes halogenated alkanes) is 1. The van der Waals surface area contributed by atoms with Crippen LogP contribution in [0.25, 0.3) is 0 Å². The van der Waals surface area contributed by atoms with Gasteiger partial charge in [0.25, 0.3) is 0 Å². The van der Waals surface area contributed by atoms with Gasteiger partial charge in [-0.25, -0.2) is 4.21 Å². The molecule has 2 heterocycles. The molecule has 0 bridgehead atoms. The number of pyridine rings is 1. The third-order valence-corrected chi connectivity index (χ3v) is 3.71. The second-order valence-corrected chi connectivity index (χ2v) is 5.67. The van der Waals surface area contributed by atoms with E-state index in [0.29, 0.717) is 24.3 Å². The molecule has 3 rings (SSSR count). The van der Waals surface area contributed by atoms with E-state index in [0.717, 1.165) is 36.3 Å². The van der Waals surface area contributed by atoms with Crippen LogP contribution in [0.2, 0.25) is 0 Å². The van der Waals surface area contributed by atoms with Gasteiger partial charge in [-0.1, -0.05) is 6.07 Å². The summed E-state index contributed by atoms with van der Waals surface area (Å²) in [4.78, 5) is 15.0. The first kappa shape index (κ1) is 17.9. The third kappa shape index (κ3) is 6.34. The number of amides is 1. The number of benzene rings is 1. The van der Waals surface area contributed by atoms with Gasteiger partial charge in [0.1, 0.15) is 5.75 Å². The fourth-order valence-electron chi connectivity index (χ4n) is 2.17. The Labute approximate surface area is 145 Å². The third-order valence-electron chi connectivity index (χ3n) is 3.34. The largest absolute Gasteiger partial charge is 0.494 e. The number of aromatic nitrogens is 1. The molecule has 6 heteroatoms. The second kappa shape index (κ2) is 10.3. The average molecular weight is 344 g/mol. The summed E-state index contributed by atoms with van der Waals surface area (Å²) in [5.74, 6) is 0.890. The number of hydrogen-bond donors (Lipinski definition) is 1. The number of rotatable bonds is 5. The minimum absolute atomic E-state index is 0.0711. The summed E-state index contributed by atoms with van der Waals surface area (Å²) in [7, 11) is 0. The number of carbonyl (C=O) groups is 1. The fourth-order valence-corrected chi connectivity index (χ4v) is 2.43. The van der Waals surface area contributed by atoms with Crippen molar-refractivity contribution in [2.45, 2.75) is 25.7 Å². The molecule has 5 nitrogen and oxygen atoms in total. The number of aryl methyl sites for hydroxylation is 1. The summed E-state index contributed by atoms with van der Waals surface area (Å²) in [5, 5.41) is 4.46. The van der Waals surface area contributed by atoms with Gasteiger partial charge in [-0.2, -0.15) is 0 Å². The van der Waals surface area contributed by atoms with Crippen LogP contribution in [0.5, 0.6) is 5.75 Å². The van der Waals surface area contributed by atoms with E-state index in [1.54, 1.807) is 17.8 Å². The lowest BCUT2D eigenvalue weighted by atomic mass is 10.0. The van der Waals surface area contributed by atoms with Crippen LogP contribution in [-0.2, 0) is 22.5 Å². The van der Waals surface area contributed by atoms with Crippen molar-refractivity contribution >= 4 is 28.2 Å². The van der Waals surface area contributed by atoms with Crippen molar-refractivity contribution in [3.63, 3.8) is 0 Å². The molecule has 1 aromatic carbocycles.